The molecule has 0 unspecified atom stereocenters. The molecule has 0 bridgehead atoms. The topological polar surface area (TPSA) is 75.8 Å². The first-order valence-electron chi connectivity index (χ1n) is 4.15. The van der Waals surface area contributed by atoms with Gasteiger partial charge in [-0.3, -0.25) is 0 Å². The van der Waals surface area contributed by atoms with Crippen LogP contribution in [0.25, 0.3) is 0 Å². The van der Waals surface area contributed by atoms with Gasteiger partial charge >= 0.3 is 0 Å². The molecule has 1 atom stereocenters. The molecule has 3 nitrogen and oxygen atoms in total. The maximum absolute atomic E-state index is 8.69. The molecule has 1 aromatic rings. The van der Waals surface area contributed by atoms with Crippen LogP contribution in [0.4, 0.5) is 0 Å². The first-order chi connectivity index (χ1) is 6.19. The zero-order chi connectivity index (χ0) is 9.84. The van der Waals surface area contributed by atoms with Gasteiger partial charge in [-0.2, -0.15) is 5.26 Å². The van der Waals surface area contributed by atoms with Crippen molar-refractivity contribution >= 4 is 0 Å². The van der Waals surface area contributed by atoms with E-state index < -0.39 is 0 Å². The largest absolute Gasteiger partial charge is 0.329 e. The second-order valence-electron chi connectivity index (χ2n) is 3.03. The maximum atomic E-state index is 8.69. The van der Waals surface area contributed by atoms with Crippen LogP contribution in [0.15, 0.2) is 18.2 Å². The van der Waals surface area contributed by atoms with Crippen LogP contribution < -0.4 is 11.5 Å². The van der Waals surface area contributed by atoms with Gasteiger partial charge in [-0.25, -0.2) is 0 Å². The van der Waals surface area contributed by atoms with Crippen molar-refractivity contribution in [1.29, 1.82) is 5.26 Å². The Bertz CT molecular complexity index is 339. The molecule has 0 spiro atoms. The molecule has 4 N–H and O–H groups in total. The number of nitrogens with two attached hydrogens (primary N) is 2. The third-order valence-corrected chi connectivity index (χ3v) is 2.06. The van der Waals surface area contributed by atoms with Crippen molar-refractivity contribution in [2.75, 3.05) is 6.54 Å². The van der Waals surface area contributed by atoms with Crippen molar-refractivity contribution in [1.82, 2.24) is 0 Å². The van der Waals surface area contributed by atoms with E-state index in [4.69, 9.17) is 16.7 Å². The van der Waals surface area contributed by atoms with E-state index in [2.05, 4.69) is 6.07 Å². The highest BCUT2D eigenvalue weighted by Crippen LogP contribution is 2.16. The van der Waals surface area contributed by atoms with Gasteiger partial charge in [-0.05, 0) is 30.2 Å². The Hall–Kier alpha value is -1.37. The highest BCUT2D eigenvalue weighted by molar-refractivity contribution is 5.39. The fourth-order valence-corrected chi connectivity index (χ4v) is 1.24. The van der Waals surface area contributed by atoms with Crippen LogP contribution in [0, 0.1) is 18.3 Å². The highest BCUT2D eigenvalue weighted by atomic mass is 14.7. The fourth-order valence-electron chi connectivity index (χ4n) is 1.24. The zero-order valence-corrected chi connectivity index (χ0v) is 7.62. The minimum absolute atomic E-state index is 0.173. The van der Waals surface area contributed by atoms with Gasteiger partial charge in [0.05, 0.1) is 11.6 Å². The third kappa shape index (κ3) is 2.05. The molecule has 3 heteroatoms. The summed E-state index contributed by atoms with van der Waals surface area (Å²) in [6, 6.07) is 7.37. The van der Waals surface area contributed by atoms with Crippen LogP contribution >= 0.6 is 0 Å². The predicted octanol–water partition coefficient (Wildman–Crippen LogP) is 0.825. The lowest BCUT2D eigenvalue weighted by Gasteiger charge is -2.12. The molecule has 0 radical (unpaired) electrons. The standard InChI is InChI=1S/C10H13N3/c1-7-2-3-8(5-11)4-9(7)10(13)6-12/h2-4,10H,6,12-13H2,1H3/t10-/m1/s1. The quantitative estimate of drug-likeness (QED) is 0.698. The lowest BCUT2D eigenvalue weighted by atomic mass is 9.99. The molecule has 13 heavy (non-hydrogen) atoms. The van der Waals surface area contributed by atoms with E-state index in [1.165, 1.54) is 0 Å². The Labute approximate surface area is 78.0 Å². The van der Waals surface area contributed by atoms with Crippen molar-refractivity contribution in [3.8, 4) is 6.07 Å². The fraction of sp³-hybridized carbons (Fsp3) is 0.300. The molecular weight excluding hydrogens is 162 g/mol. The first kappa shape index (κ1) is 9.72. The summed E-state index contributed by atoms with van der Waals surface area (Å²) in [6.45, 7) is 2.36. The Morgan fingerprint density at radius 1 is 1.54 bits per heavy atom. The highest BCUT2D eigenvalue weighted by Gasteiger charge is 2.07. The van der Waals surface area contributed by atoms with Crippen LogP contribution in [-0.2, 0) is 0 Å². The third-order valence-electron chi connectivity index (χ3n) is 2.06. The summed E-state index contributed by atoms with van der Waals surface area (Å²) in [7, 11) is 0. The number of hydrogen-bond donors (Lipinski definition) is 2. The van der Waals surface area contributed by atoms with Gasteiger partial charge < -0.3 is 11.5 Å². The number of benzene rings is 1. The summed E-state index contributed by atoms with van der Waals surface area (Å²) < 4.78 is 0. The van der Waals surface area contributed by atoms with Crippen molar-refractivity contribution in [3.63, 3.8) is 0 Å². The lowest BCUT2D eigenvalue weighted by Crippen LogP contribution is -2.21. The number of nitriles is 1. The summed E-state index contributed by atoms with van der Waals surface area (Å²) in [6.07, 6.45) is 0. The van der Waals surface area contributed by atoms with E-state index in [0.717, 1.165) is 11.1 Å². The molecule has 0 aliphatic heterocycles. The van der Waals surface area contributed by atoms with Gasteiger partial charge in [0.2, 0.25) is 0 Å². The maximum Gasteiger partial charge on any atom is 0.0991 e. The summed E-state index contributed by atoms with van der Waals surface area (Å²) in [5, 5.41) is 8.69. The van der Waals surface area contributed by atoms with Gasteiger partial charge in [0.25, 0.3) is 0 Å². The minimum Gasteiger partial charge on any atom is -0.329 e. The molecule has 0 saturated carbocycles. The molecule has 0 saturated heterocycles. The Kier molecular flexibility index (Phi) is 3.02. The zero-order valence-electron chi connectivity index (χ0n) is 7.62. The molecule has 0 heterocycles. The molecular formula is C10H13N3. The van der Waals surface area contributed by atoms with E-state index in [-0.39, 0.29) is 6.04 Å². The van der Waals surface area contributed by atoms with Crippen molar-refractivity contribution in [2.24, 2.45) is 11.5 Å². The van der Waals surface area contributed by atoms with Crippen LogP contribution in [0.1, 0.15) is 22.7 Å². The molecule has 0 aliphatic rings. The predicted molar refractivity (Wildman–Crippen MR) is 51.9 cm³/mol. The number of nitrogens with zero attached hydrogens (tertiary/aromatic N) is 1. The minimum atomic E-state index is -0.173. The van der Waals surface area contributed by atoms with Crippen LogP contribution in [0.5, 0.6) is 0 Å². The molecule has 1 rings (SSSR count). The van der Waals surface area contributed by atoms with E-state index >= 15 is 0 Å². The summed E-state index contributed by atoms with van der Waals surface area (Å²) in [4.78, 5) is 0. The first-order valence-corrected chi connectivity index (χ1v) is 4.15. The number of hydrogen-bond acceptors (Lipinski definition) is 3. The van der Waals surface area contributed by atoms with Gasteiger partial charge in [-0.15, -0.1) is 0 Å². The smallest absolute Gasteiger partial charge is 0.0991 e. The van der Waals surface area contributed by atoms with Gasteiger partial charge in [-0.1, -0.05) is 6.07 Å². The summed E-state index contributed by atoms with van der Waals surface area (Å²) in [5.41, 5.74) is 13.9. The molecule has 1 aromatic carbocycles. The molecule has 0 aromatic heterocycles. The van der Waals surface area contributed by atoms with Crippen molar-refractivity contribution in [3.05, 3.63) is 34.9 Å². The molecule has 68 valence electrons. The number of rotatable bonds is 2. The molecule has 0 amide bonds. The normalized spacial score (nSPS) is 12.2. The average molecular weight is 175 g/mol. The Balaban J connectivity index is 3.12. The summed E-state index contributed by atoms with van der Waals surface area (Å²) >= 11 is 0. The average Bonchev–Trinajstić information content (AvgIpc) is 2.17. The second kappa shape index (κ2) is 4.04. The van der Waals surface area contributed by atoms with Gasteiger partial charge in [0, 0.05) is 12.6 Å². The van der Waals surface area contributed by atoms with Crippen LogP contribution in [-0.4, -0.2) is 6.54 Å². The van der Waals surface area contributed by atoms with E-state index in [1.54, 1.807) is 12.1 Å². The Morgan fingerprint density at radius 2 is 2.23 bits per heavy atom. The van der Waals surface area contributed by atoms with E-state index in [0.29, 0.717) is 12.1 Å². The van der Waals surface area contributed by atoms with E-state index in [9.17, 15) is 0 Å². The second-order valence-corrected chi connectivity index (χ2v) is 3.03. The lowest BCUT2D eigenvalue weighted by molar-refractivity contribution is 0.731. The van der Waals surface area contributed by atoms with Crippen LogP contribution in [0.2, 0.25) is 0 Å². The molecule has 0 aliphatic carbocycles. The monoisotopic (exact) mass is 175 g/mol. The van der Waals surface area contributed by atoms with E-state index in [1.807, 2.05) is 13.0 Å². The van der Waals surface area contributed by atoms with Gasteiger partial charge in [0.15, 0.2) is 0 Å². The number of aryl methyl sites for hydroxylation is 1. The van der Waals surface area contributed by atoms with Crippen LogP contribution in [0.3, 0.4) is 0 Å². The summed E-state index contributed by atoms with van der Waals surface area (Å²) in [5.74, 6) is 0. The van der Waals surface area contributed by atoms with Crippen molar-refractivity contribution < 1.29 is 0 Å². The Morgan fingerprint density at radius 3 is 2.77 bits per heavy atom. The van der Waals surface area contributed by atoms with Gasteiger partial charge in [0.1, 0.15) is 0 Å². The molecule has 0 fully saturated rings. The van der Waals surface area contributed by atoms with Crippen molar-refractivity contribution in [2.45, 2.75) is 13.0 Å². The SMILES string of the molecule is Cc1ccc(C#N)cc1[C@H](N)CN.